The van der Waals surface area contributed by atoms with Gasteiger partial charge >= 0.3 is 0 Å². The molecule has 3 aromatic rings. The molecule has 1 heterocycles. The molecule has 2 nitrogen and oxygen atoms in total. The zero-order valence-electron chi connectivity index (χ0n) is 11.3. The highest BCUT2D eigenvalue weighted by atomic mass is 32.1. The van der Waals surface area contributed by atoms with E-state index < -0.39 is 0 Å². The summed E-state index contributed by atoms with van der Waals surface area (Å²) in [5.74, 6) is 0. The number of nitrogens with zero attached hydrogens (tertiary/aromatic N) is 2. The van der Waals surface area contributed by atoms with Gasteiger partial charge in [-0.25, -0.2) is 4.99 Å². The van der Waals surface area contributed by atoms with E-state index in [-0.39, 0.29) is 0 Å². The minimum atomic E-state index is 0.821. The molecule has 20 heavy (non-hydrogen) atoms. The molecule has 100 valence electrons. The Labute approximate surface area is 127 Å². The highest BCUT2D eigenvalue weighted by molar-refractivity contribution is 7.73. The van der Waals surface area contributed by atoms with Crippen LogP contribution in [0.4, 0.5) is 5.69 Å². The van der Waals surface area contributed by atoms with Gasteiger partial charge in [0, 0.05) is 0 Å². The Morgan fingerprint density at radius 2 is 1.75 bits per heavy atom. The first-order valence-electron chi connectivity index (χ1n) is 6.37. The molecule has 0 bridgehead atoms. The minimum Gasteiger partial charge on any atom is -0.282 e. The standard InChI is InChI=1S/C16H14N2S2/c1-11-6-5-7-12(2)15(11)17-10-18-13-8-3-4-9-14(13)20-16(18)19/h3-10H,1-2H3. The fourth-order valence-corrected chi connectivity index (χ4v) is 3.48. The Balaban J connectivity index is 2.12. The molecule has 4 heteroatoms. The van der Waals surface area contributed by atoms with Crippen LogP contribution in [-0.4, -0.2) is 10.9 Å². The fourth-order valence-electron chi connectivity index (χ4n) is 2.22. The van der Waals surface area contributed by atoms with E-state index in [1.165, 1.54) is 15.8 Å². The molecule has 0 amide bonds. The zero-order valence-corrected chi connectivity index (χ0v) is 13.0. The number of aryl methyl sites for hydroxylation is 2. The highest BCUT2D eigenvalue weighted by Crippen LogP contribution is 2.24. The Morgan fingerprint density at radius 3 is 2.50 bits per heavy atom. The SMILES string of the molecule is Cc1cccc(C)c1N=Cn1c(=S)sc2ccccc21. The predicted molar refractivity (Wildman–Crippen MR) is 90.1 cm³/mol. The maximum Gasteiger partial charge on any atom is 0.167 e. The van der Waals surface area contributed by atoms with Crippen molar-refractivity contribution >= 4 is 45.8 Å². The molecule has 0 saturated carbocycles. The van der Waals surface area contributed by atoms with Gasteiger partial charge in [-0.15, -0.1) is 11.3 Å². The second kappa shape index (κ2) is 5.31. The molecule has 3 rings (SSSR count). The van der Waals surface area contributed by atoms with Crippen molar-refractivity contribution in [1.29, 1.82) is 0 Å². The monoisotopic (exact) mass is 298 g/mol. The Morgan fingerprint density at radius 1 is 1.05 bits per heavy atom. The third-order valence-corrected chi connectivity index (χ3v) is 4.64. The van der Waals surface area contributed by atoms with Gasteiger partial charge in [0.25, 0.3) is 0 Å². The van der Waals surface area contributed by atoms with Crippen LogP contribution in [0, 0.1) is 17.8 Å². The van der Waals surface area contributed by atoms with Gasteiger partial charge in [-0.2, -0.15) is 0 Å². The third-order valence-electron chi connectivity index (χ3n) is 3.26. The van der Waals surface area contributed by atoms with Crippen molar-refractivity contribution < 1.29 is 0 Å². The van der Waals surface area contributed by atoms with E-state index in [0.29, 0.717) is 0 Å². The average Bonchev–Trinajstić information content (AvgIpc) is 2.74. The largest absolute Gasteiger partial charge is 0.282 e. The summed E-state index contributed by atoms with van der Waals surface area (Å²) in [4.78, 5) is 4.64. The molecule has 0 N–H and O–H groups in total. The normalized spacial score (nSPS) is 11.5. The van der Waals surface area contributed by atoms with Crippen LogP contribution in [-0.2, 0) is 0 Å². The van der Waals surface area contributed by atoms with Crippen LogP contribution in [0.1, 0.15) is 11.1 Å². The van der Waals surface area contributed by atoms with E-state index in [1.807, 2.05) is 23.0 Å². The number of para-hydroxylation sites is 2. The van der Waals surface area contributed by atoms with Crippen LogP contribution in [0.2, 0.25) is 0 Å². The van der Waals surface area contributed by atoms with Gasteiger partial charge < -0.3 is 0 Å². The number of fused-ring (bicyclic) bond motifs is 1. The summed E-state index contributed by atoms with van der Waals surface area (Å²) in [5, 5.41) is 0. The molecule has 0 saturated heterocycles. The first-order chi connectivity index (χ1) is 9.66. The van der Waals surface area contributed by atoms with Gasteiger partial charge in [0.05, 0.1) is 15.9 Å². The van der Waals surface area contributed by atoms with E-state index in [9.17, 15) is 0 Å². The smallest absolute Gasteiger partial charge is 0.167 e. The molecule has 0 unspecified atom stereocenters. The van der Waals surface area contributed by atoms with Crippen LogP contribution < -0.4 is 0 Å². The van der Waals surface area contributed by atoms with Crippen molar-refractivity contribution in [3.63, 3.8) is 0 Å². The van der Waals surface area contributed by atoms with Gasteiger partial charge in [0.1, 0.15) is 6.34 Å². The van der Waals surface area contributed by atoms with E-state index >= 15 is 0 Å². The Kier molecular flexibility index (Phi) is 3.51. The quantitative estimate of drug-likeness (QED) is 0.358. The summed E-state index contributed by atoms with van der Waals surface area (Å²) >= 11 is 7.03. The van der Waals surface area contributed by atoms with Crippen LogP contribution in [0.5, 0.6) is 0 Å². The lowest BCUT2D eigenvalue weighted by Gasteiger charge is -2.04. The summed E-state index contributed by atoms with van der Waals surface area (Å²) in [7, 11) is 0. The number of hydrogen-bond acceptors (Lipinski definition) is 3. The van der Waals surface area contributed by atoms with Crippen molar-refractivity contribution in [2.45, 2.75) is 13.8 Å². The van der Waals surface area contributed by atoms with E-state index in [4.69, 9.17) is 12.2 Å². The highest BCUT2D eigenvalue weighted by Gasteiger charge is 2.03. The van der Waals surface area contributed by atoms with Crippen LogP contribution in [0.25, 0.3) is 10.2 Å². The second-order valence-electron chi connectivity index (χ2n) is 4.69. The van der Waals surface area contributed by atoms with Gasteiger partial charge in [0.15, 0.2) is 3.95 Å². The van der Waals surface area contributed by atoms with E-state index in [2.05, 4.69) is 49.2 Å². The van der Waals surface area contributed by atoms with Crippen molar-refractivity contribution in [3.05, 3.63) is 57.5 Å². The van der Waals surface area contributed by atoms with Crippen LogP contribution in [0.3, 0.4) is 0 Å². The second-order valence-corrected chi connectivity index (χ2v) is 6.37. The van der Waals surface area contributed by atoms with Crippen LogP contribution >= 0.6 is 23.6 Å². The van der Waals surface area contributed by atoms with Crippen LogP contribution in [0.15, 0.2) is 47.5 Å². The zero-order chi connectivity index (χ0) is 14.1. The molecule has 1 aromatic heterocycles. The lowest BCUT2D eigenvalue weighted by Crippen LogP contribution is -1.94. The van der Waals surface area contributed by atoms with Crippen molar-refractivity contribution in [2.75, 3.05) is 0 Å². The molecule has 2 aromatic carbocycles. The van der Waals surface area contributed by atoms with Crippen molar-refractivity contribution in [2.24, 2.45) is 4.99 Å². The first-order valence-corrected chi connectivity index (χ1v) is 7.60. The number of rotatable bonds is 2. The molecule has 0 aliphatic heterocycles. The molecule has 0 fully saturated rings. The lowest BCUT2D eigenvalue weighted by atomic mass is 10.1. The topological polar surface area (TPSA) is 17.3 Å². The Hall–Kier alpha value is -1.78. The first kappa shape index (κ1) is 13.2. The lowest BCUT2D eigenvalue weighted by molar-refractivity contribution is 1.23. The molecule has 0 spiro atoms. The molecule has 0 atom stereocenters. The molecular formula is C16H14N2S2. The van der Waals surface area contributed by atoms with Gasteiger partial charge in [-0.1, -0.05) is 30.3 Å². The number of aliphatic imine (C=N–C) groups is 1. The van der Waals surface area contributed by atoms with E-state index in [1.54, 1.807) is 11.3 Å². The number of benzene rings is 2. The fraction of sp³-hybridized carbons (Fsp3) is 0.125. The molecular weight excluding hydrogens is 284 g/mol. The Bertz CT molecular complexity index is 836. The maximum atomic E-state index is 5.42. The van der Waals surface area contributed by atoms with Gasteiger partial charge in [0.2, 0.25) is 0 Å². The number of thiazole rings is 1. The average molecular weight is 298 g/mol. The van der Waals surface area contributed by atoms with Crippen molar-refractivity contribution in [3.8, 4) is 0 Å². The predicted octanol–water partition coefficient (Wildman–Crippen LogP) is 5.26. The summed E-state index contributed by atoms with van der Waals surface area (Å²) in [5.41, 5.74) is 4.47. The summed E-state index contributed by atoms with van der Waals surface area (Å²) in [6.45, 7) is 4.15. The van der Waals surface area contributed by atoms with Gasteiger partial charge in [-0.05, 0) is 49.3 Å². The molecule has 0 aliphatic rings. The number of aromatic nitrogens is 1. The van der Waals surface area contributed by atoms with Crippen molar-refractivity contribution in [1.82, 2.24) is 4.57 Å². The maximum absolute atomic E-state index is 5.42. The van der Waals surface area contributed by atoms with Gasteiger partial charge in [-0.3, -0.25) is 4.57 Å². The summed E-state index contributed by atoms with van der Waals surface area (Å²) < 4.78 is 3.98. The minimum absolute atomic E-state index is 0.821. The molecule has 0 aliphatic carbocycles. The molecule has 0 radical (unpaired) electrons. The number of hydrogen-bond donors (Lipinski definition) is 0. The van der Waals surface area contributed by atoms with E-state index in [0.717, 1.165) is 15.2 Å². The third kappa shape index (κ3) is 2.32. The summed E-state index contributed by atoms with van der Waals surface area (Å²) in [6.07, 6.45) is 1.83. The summed E-state index contributed by atoms with van der Waals surface area (Å²) in [6, 6.07) is 14.4.